The molecular weight excluding hydrogens is 124 g/mol. The highest BCUT2D eigenvalue weighted by atomic mass is 35.5. The minimum atomic E-state index is 0.185. The van der Waals surface area contributed by atoms with Gasteiger partial charge in [0.25, 0.3) is 0 Å². The summed E-state index contributed by atoms with van der Waals surface area (Å²) in [5, 5.41) is 8.56. The van der Waals surface area contributed by atoms with E-state index in [0.29, 0.717) is 0 Å². The van der Waals surface area contributed by atoms with Gasteiger partial charge in [-0.05, 0) is 12.8 Å². The largest absolute Gasteiger partial charge is 0.396 e. The molecule has 0 aliphatic carbocycles. The Morgan fingerprint density at radius 1 is 1.50 bits per heavy atom. The number of hydrogen-bond acceptors (Lipinski definition) is 1. The first-order valence-electron chi connectivity index (χ1n) is 3.06. The summed E-state index contributed by atoms with van der Waals surface area (Å²) in [6.07, 6.45) is 2.85. The van der Waals surface area contributed by atoms with E-state index >= 15 is 0 Å². The zero-order chi connectivity index (χ0) is 6.41. The summed E-state index contributed by atoms with van der Waals surface area (Å²) < 4.78 is 0. The number of aliphatic hydroxyl groups excluding tert-OH is 1. The molecule has 0 fully saturated rings. The first-order valence-corrected chi connectivity index (χ1v) is 3.49. The van der Waals surface area contributed by atoms with Gasteiger partial charge in [-0.2, -0.15) is 0 Å². The molecule has 0 heterocycles. The average Bonchev–Trinajstić information content (AvgIpc) is 1.68. The number of halogens is 1. The summed E-state index contributed by atoms with van der Waals surface area (Å²) in [6, 6.07) is 0. The zero-order valence-corrected chi connectivity index (χ0v) is 5.99. The van der Waals surface area contributed by atoms with Crippen LogP contribution in [0, 0.1) is 0 Å². The maximum absolute atomic E-state index is 8.38. The summed E-state index contributed by atoms with van der Waals surface area (Å²) in [5.74, 6) is 0. The minimum Gasteiger partial charge on any atom is -0.396 e. The quantitative estimate of drug-likeness (QED) is 0.585. The lowest BCUT2D eigenvalue weighted by atomic mass is 10.2. The van der Waals surface area contributed by atoms with Gasteiger partial charge in [0.1, 0.15) is 0 Å². The monoisotopic (exact) mass is 136 g/mol. The summed E-state index contributed by atoms with van der Waals surface area (Å²) in [5.41, 5.74) is 0. The highest BCUT2D eigenvalue weighted by molar-refractivity contribution is 6.20. The SMILES string of the molecule is CCCC(Cl)CCO. The maximum Gasteiger partial charge on any atom is 0.0445 e. The number of alkyl halides is 1. The predicted molar refractivity (Wildman–Crippen MR) is 36.3 cm³/mol. The molecule has 0 aliphatic heterocycles. The van der Waals surface area contributed by atoms with E-state index in [2.05, 4.69) is 6.92 Å². The summed E-state index contributed by atoms with van der Waals surface area (Å²) >= 11 is 5.72. The van der Waals surface area contributed by atoms with Gasteiger partial charge >= 0.3 is 0 Å². The Morgan fingerprint density at radius 2 is 2.12 bits per heavy atom. The summed E-state index contributed by atoms with van der Waals surface area (Å²) in [4.78, 5) is 0. The molecule has 1 atom stereocenters. The van der Waals surface area contributed by atoms with Crippen LogP contribution < -0.4 is 0 Å². The van der Waals surface area contributed by atoms with E-state index < -0.39 is 0 Å². The predicted octanol–water partition coefficient (Wildman–Crippen LogP) is 1.78. The van der Waals surface area contributed by atoms with Gasteiger partial charge < -0.3 is 5.11 Å². The third-order valence-electron chi connectivity index (χ3n) is 1.04. The Bertz CT molecular complexity index is 41.8. The first kappa shape index (κ1) is 8.25. The van der Waals surface area contributed by atoms with Crippen molar-refractivity contribution in [1.29, 1.82) is 0 Å². The van der Waals surface area contributed by atoms with E-state index in [1.807, 2.05) is 0 Å². The van der Waals surface area contributed by atoms with Crippen molar-refractivity contribution in [3.63, 3.8) is 0 Å². The van der Waals surface area contributed by atoms with Crippen molar-refractivity contribution in [3.05, 3.63) is 0 Å². The van der Waals surface area contributed by atoms with E-state index in [9.17, 15) is 0 Å². The Kier molecular flexibility index (Phi) is 5.56. The van der Waals surface area contributed by atoms with Crippen molar-refractivity contribution >= 4 is 11.6 Å². The van der Waals surface area contributed by atoms with Crippen LogP contribution in [0.2, 0.25) is 0 Å². The fraction of sp³-hybridized carbons (Fsp3) is 1.00. The van der Waals surface area contributed by atoms with Crippen molar-refractivity contribution in [2.45, 2.75) is 31.6 Å². The lowest BCUT2D eigenvalue weighted by molar-refractivity contribution is 0.284. The normalized spacial score (nSPS) is 13.9. The van der Waals surface area contributed by atoms with Gasteiger partial charge in [0, 0.05) is 12.0 Å². The van der Waals surface area contributed by atoms with Crippen LogP contribution in [0.5, 0.6) is 0 Å². The van der Waals surface area contributed by atoms with Gasteiger partial charge in [0.15, 0.2) is 0 Å². The van der Waals surface area contributed by atoms with Gasteiger partial charge in [-0.3, -0.25) is 0 Å². The molecule has 8 heavy (non-hydrogen) atoms. The molecule has 1 unspecified atom stereocenters. The number of aliphatic hydroxyl groups is 1. The van der Waals surface area contributed by atoms with Gasteiger partial charge in [-0.15, -0.1) is 11.6 Å². The van der Waals surface area contributed by atoms with Crippen LogP contribution in [0.1, 0.15) is 26.2 Å². The molecule has 0 spiro atoms. The van der Waals surface area contributed by atoms with Crippen molar-refractivity contribution in [2.75, 3.05) is 6.61 Å². The summed E-state index contributed by atoms with van der Waals surface area (Å²) in [7, 11) is 0. The van der Waals surface area contributed by atoms with Crippen LogP contribution in [-0.2, 0) is 0 Å². The molecule has 0 aromatic rings. The Labute approximate surface area is 55.7 Å². The average molecular weight is 137 g/mol. The smallest absolute Gasteiger partial charge is 0.0445 e. The van der Waals surface area contributed by atoms with E-state index in [1.54, 1.807) is 0 Å². The van der Waals surface area contributed by atoms with Crippen LogP contribution in [-0.4, -0.2) is 17.1 Å². The first-order chi connectivity index (χ1) is 3.81. The molecule has 0 aliphatic rings. The van der Waals surface area contributed by atoms with Crippen LogP contribution >= 0.6 is 11.6 Å². The number of hydrogen-bond donors (Lipinski definition) is 1. The molecule has 1 nitrogen and oxygen atoms in total. The van der Waals surface area contributed by atoms with Gasteiger partial charge in [0.05, 0.1) is 0 Å². The molecule has 0 aromatic heterocycles. The lowest BCUT2D eigenvalue weighted by Crippen LogP contribution is -1.99. The second-order valence-electron chi connectivity index (χ2n) is 1.90. The Morgan fingerprint density at radius 3 is 2.50 bits per heavy atom. The maximum atomic E-state index is 8.38. The van der Waals surface area contributed by atoms with Crippen molar-refractivity contribution in [3.8, 4) is 0 Å². The number of rotatable bonds is 4. The van der Waals surface area contributed by atoms with E-state index in [4.69, 9.17) is 16.7 Å². The second-order valence-corrected chi connectivity index (χ2v) is 2.52. The van der Waals surface area contributed by atoms with Crippen molar-refractivity contribution in [1.82, 2.24) is 0 Å². The van der Waals surface area contributed by atoms with Crippen LogP contribution in [0.4, 0.5) is 0 Å². The highest BCUT2D eigenvalue weighted by Gasteiger charge is 1.99. The van der Waals surface area contributed by atoms with Crippen molar-refractivity contribution in [2.24, 2.45) is 0 Å². The van der Waals surface area contributed by atoms with E-state index in [-0.39, 0.29) is 12.0 Å². The van der Waals surface area contributed by atoms with E-state index in [0.717, 1.165) is 19.3 Å². The molecule has 0 aromatic carbocycles. The van der Waals surface area contributed by atoms with Crippen molar-refractivity contribution < 1.29 is 5.11 Å². The fourth-order valence-electron chi connectivity index (χ4n) is 0.598. The fourth-order valence-corrected chi connectivity index (χ4v) is 0.913. The van der Waals surface area contributed by atoms with Crippen LogP contribution in [0.15, 0.2) is 0 Å². The van der Waals surface area contributed by atoms with Gasteiger partial charge in [-0.25, -0.2) is 0 Å². The molecule has 2 heteroatoms. The van der Waals surface area contributed by atoms with E-state index in [1.165, 1.54) is 0 Å². The molecule has 0 saturated heterocycles. The lowest BCUT2D eigenvalue weighted by Gasteiger charge is -2.02. The summed E-state index contributed by atoms with van der Waals surface area (Å²) in [6.45, 7) is 2.31. The molecule has 1 N–H and O–H groups in total. The third-order valence-corrected chi connectivity index (χ3v) is 1.48. The second kappa shape index (κ2) is 5.39. The highest BCUT2D eigenvalue weighted by Crippen LogP contribution is 2.07. The minimum absolute atomic E-state index is 0.185. The topological polar surface area (TPSA) is 20.2 Å². The standard InChI is InChI=1S/C6H13ClO/c1-2-3-6(7)4-5-8/h6,8H,2-5H2,1H3. The van der Waals surface area contributed by atoms with Gasteiger partial charge in [-0.1, -0.05) is 13.3 Å². The zero-order valence-electron chi connectivity index (χ0n) is 5.23. The Hall–Kier alpha value is 0.250. The molecule has 0 radical (unpaired) electrons. The molecule has 0 rings (SSSR count). The molecule has 0 saturated carbocycles. The Balaban J connectivity index is 2.92. The van der Waals surface area contributed by atoms with Crippen LogP contribution in [0.3, 0.4) is 0 Å². The molecular formula is C6H13ClO. The van der Waals surface area contributed by atoms with Crippen LogP contribution in [0.25, 0.3) is 0 Å². The molecule has 50 valence electrons. The molecule has 0 amide bonds. The molecule has 0 bridgehead atoms. The van der Waals surface area contributed by atoms with Gasteiger partial charge in [0.2, 0.25) is 0 Å². The third kappa shape index (κ3) is 4.41.